The number of hydrogen-bond donors (Lipinski definition) is 1. The van der Waals surface area contributed by atoms with Crippen LogP contribution in [0, 0.1) is 10.1 Å². The van der Waals surface area contributed by atoms with Crippen molar-refractivity contribution in [1.82, 2.24) is 4.98 Å². The summed E-state index contributed by atoms with van der Waals surface area (Å²) in [4.78, 5) is 27.5. The second kappa shape index (κ2) is 7.38. The maximum absolute atomic E-state index is 12.5. The number of anilines is 1. The molecule has 0 bridgehead atoms. The molecule has 28 heavy (non-hydrogen) atoms. The van der Waals surface area contributed by atoms with Crippen LogP contribution in [0.15, 0.2) is 66.0 Å². The number of nitro benzene ring substituents is 1. The lowest BCUT2D eigenvalue weighted by molar-refractivity contribution is -0.385. The van der Waals surface area contributed by atoms with Gasteiger partial charge in [-0.3, -0.25) is 20.2 Å². The third-order valence-electron chi connectivity index (χ3n) is 4.17. The number of carbonyl (C=O) groups excluding carboxylic acids is 1. The van der Waals surface area contributed by atoms with E-state index in [0.29, 0.717) is 5.13 Å². The number of hydrogen-bond acceptors (Lipinski definition) is 5. The minimum absolute atomic E-state index is 0.0724. The van der Waals surface area contributed by atoms with Crippen molar-refractivity contribution >= 4 is 50.4 Å². The zero-order valence-electron chi connectivity index (χ0n) is 14.3. The van der Waals surface area contributed by atoms with Crippen molar-refractivity contribution in [3.8, 4) is 11.3 Å². The molecule has 0 fully saturated rings. The Labute approximate surface area is 168 Å². The maximum atomic E-state index is 12.5. The van der Waals surface area contributed by atoms with E-state index >= 15 is 0 Å². The van der Waals surface area contributed by atoms with Gasteiger partial charge in [-0.15, -0.1) is 11.3 Å². The van der Waals surface area contributed by atoms with Crippen molar-refractivity contribution in [2.24, 2.45) is 0 Å². The number of fused-ring (bicyclic) bond motifs is 1. The average molecular weight is 410 g/mol. The molecule has 0 radical (unpaired) electrons. The van der Waals surface area contributed by atoms with Gasteiger partial charge in [0.05, 0.1) is 10.6 Å². The Hall–Kier alpha value is -3.29. The van der Waals surface area contributed by atoms with Crippen molar-refractivity contribution in [1.29, 1.82) is 0 Å². The number of aromatic nitrogens is 1. The molecule has 0 aliphatic rings. The molecule has 0 unspecified atom stereocenters. The van der Waals surface area contributed by atoms with E-state index in [0.717, 1.165) is 28.1 Å². The highest BCUT2D eigenvalue weighted by molar-refractivity contribution is 7.14. The summed E-state index contributed by atoms with van der Waals surface area (Å²) in [6.07, 6.45) is 0. The van der Waals surface area contributed by atoms with Crippen molar-refractivity contribution in [3.05, 3.63) is 86.7 Å². The second-order valence-corrected chi connectivity index (χ2v) is 7.27. The lowest BCUT2D eigenvalue weighted by atomic mass is 10.1. The van der Waals surface area contributed by atoms with E-state index in [9.17, 15) is 14.9 Å². The fourth-order valence-corrected chi connectivity index (χ4v) is 3.71. The first-order chi connectivity index (χ1) is 13.5. The molecule has 1 N–H and O–H groups in total. The van der Waals surface area contributed by atoms with Crippen LogP contribution in [0.4, 0.5) is 10.8 Å². The van der Waals surface area contributed by atoms with Crippen LogP contribution in [0.3, 0.4) is 0 Å². The number of nitrogens with one attached hydrogen (secondary N) is 1. The molecule has 6 nitrogen and oxygen atoms in total. The molecule has 0 saturated heterocycles. The Morgan fingerprint density at radius 1 is 1.07 bits per heavy atom. The molecule has 1 heterocycles. The molecule has 4 rings (SSSR count). The number of nitrogens with zero attached hydrogens (tertiary/aromatic N) is 2. The highest BCUT2D eigenvalue weighted by atomic mass is 35.5. The molecular formula is C20H12ClN3O3S. The van der Waals surface area contributed by atoms with Crippen molar-refractivity contribution in [2.45, 2.75) is 0 Å². The number of carbonyl (C=O) groups is 1. The summed E-state index contributed by atoms with van der Waals surface area (Å²) in [6.45, 7) is 0. The van der Waals surface area contributed by atoms with Crippen LogP contribution >= 0.6 is 22.9 Å². The Morgan fingerprint density at radius 2 is 1.86 bits per heavy atom. The van der Waals surface area contributed by atoms with Crippen molar-refractivity contribution in [3.63, 3.8) is 0 Å². The van der Waals surface area contributed by atoms with Gasteiger partial charge in [0.1, 0.15) is 5.56 Å². The first kappa shape index (κ1) is 18.1. The smallest absolute Gasteiger partial charge is 0.283 e. The summed E-state index contributed by atoms with van der Waals surface area (Å²) >= 11 is 7.04. The van der Waals surface area contributed by atoms with E-state index in [-0.39, 0.29) is 16.3 Å². The molecule has 1 aromatic heterocycles. The van der Waals surface area contributed by atoms with Gasteiger partial charge in [0.25, 0.3) is 11.6 Å². The predicted molar refractivity (Wildman–Crippen MR) is 111 cm³/mol. The third kappa shape index (κ3) is 3.58. The van der Waals surface area contributed by atoms with Gasteiger partial charge in [-0.1, -0.05) is 48.0 Å². The van der Waals surface area contributed by atoms with E-state index in [1.165, 1.54) is 23.5 Å². The minimum atomic E-state index is -0.636. The highest BCUT2D eigenvalue weighted by Crippen LogP contribution is 2.29. The SMILES string of the molecule is O=C(Nc1nc(-c2ccc3ccccc3c2)cs1)c1ccc(Cl)cc1[N+](=O)[O-]. The highest BCUT2D eigenvalue weighted by Gasteiger charge is 2.21. The first-order valence-corrected chi connectivity index (χ1v) is 9.47. The van der Waals surface area contributed by atoms with Crippen molar-refractivity contribution in [2.75, 3.05) is 5.32 Å². The minimum Gasteiger partial charge on any atom is -0.298 e. The first-order valence-electron chi connectivity index (χ1n) is 8.21. The Balaban J connectivity index is 1.59. The summed E-state index contributed by atoms with van der Waals surface area (Å²) < 4.78 is 0. The normalized spacial score (nSPS) is 10.8. The van der Waals surface area contributed by atoms with Crippen LogP contribution in [-0.4, -0.2) is 15.8 Å². The zero-order valence-corrected chi connectivity index (χ0v) is 15.8. The molecule has 1 amide bonds. The van der Waals surface area contributed by atoms with Crippen LogP contribution in [0.25, 0.3) is 22.0 Å². The van der Waals surface area contributed by atoms with Gasteiger partial charge in [0.2, 0.25) is 0 Å². The third-order valence-corrected chi connectivity index (χ3v) is 5.16. The summed E-state index contributed by atoms with van der Waals surface area (Å²) in [6, 6.07) is 17.9. The number of halogens is 1. The van der Waals surface area contributed by atoms with Gasteiger partial charge in [0, 0.05) is 22.0 Å². The molecule has 138 valence electrons. The molecule has 0 saturated carbocycles. The van der Waals surface area contributed by atoms with E-state index < -0.39 is 10.8 Å². The summed E-state index contributed by atoms with van der Waals surface area (Å²) in [5.74, 6) is -0.609. The van der Waals surface area contributed by atoms with Crippen LogP contribution in [0.1, 0.15) is 10.4 Å². The maximum Gasteiger partial charge on any atom is 0.283 e. The quantitative estimate of drug-likeness (QED) is 0.342. The summed E-state index contributed by atoms with van der Waals surface area (Å²) in [5.41, 5.74) is 1.22. The van der Waals surface area contributed by atoms with Gasteiger partial charge >= 0.3 is 0 Å². The van der Waals surface area contributed by atoms with Crippen LogP contribution in [-0.2, 0) is 0 Å². The van der Waals surface area contributed by atoms with Crippen LogP contribution in [0.2, 0.25) is 5.02 Å². The zero-order chi connectivity index (χ0) is 19.7. The topological polar surface area (TPSA) is 85.1 Å². The molecule has 0 aliphatic heterocycles. The van der Waals surface area contributed by atoms with Gasteiger partial charge in [-0.2, -0.15) is 0 Å². The van der Waals surface area contributed by atoms with Crippen molar-refractivity contribution < 1.29 is 9.72 Å². The number of nitro groups is 1. The number of benzene rings is 3. The number of thiazole rings is 1. The monoisotopic (exact) mass is 409 g/mol. The standard InChI is InChI=1S/C20H12ClN3O3S/c21-15-7-8-16(18(10-15)24(26)27)19(25)23-20-22-17(11-28-20)14-6-5-12-3-1-2-4-13(12)9-14/h1-11H,(H,22,23,25). The fraction of sp³-hybridized carbons (Fsp3) is 0. The van der Waals surface area contributed by atoms with Gasteiger partial charge in [0.15, 0.2) is 5.13 Å². The molecule has 0 spiro atoms. The molecule has 0 aliphatic carbocycles. The van der Waals surface area contributed by atoms with Crippen LogP contribution in [0.5, 0.6) is 0 Å². The molecule has 3 aromatic carbocycles. The average Bonchev–Trinajstić information content (AvgIpc) is 3.15. The summed E-state index contributed by atoms with van der Waals surface area (Å²) in [7, 11) is 0. The Morgan fingerprint density at radius 3 is 2.64 bits per heavy atom. The largest absolute Gasteiger partial charge is 0.298 e. The molecular weight excluding hydrogens is 398 g/mol. The molecule has 0 atom stereocenters. The Kier molecular flexibility index (Phi) is 4.77. The number of amides is 1. The Bertz CT molecular complexity index is 1220. The lowest BCUT2D eigenvalue weighted by Crippen LogP contribution is -2.13. The predicted octanol–water partition coefficient (Wildman–Crippen LogP) is 5.78. The molecule has 4 aromatic rings. The summed E-state index contributed by atoms with van der Waals surface area (Å²) in [5, 5.41) is 18.4. The van der Waals surface area contributed by atoms with E-state index in [1.807, 2.05) is 47.8 Å². The van der Waals surface area contributed by atoms with Gasteiger partial charge in [-0.05, 0) is 29.0 Å². The van der Waals surface area contributed by atoms with E-state index in [2.05, 4.69) is 10.3 Å². The van der Waals surface area contributed by atoms with Gasteiger partial charge in [-0.25, -0.2) is 4.98 Å². The van der Waals surface area contributed by atoms with Gasteiger partial charge < -0.3 is 0 Å². The van der Waals surface area contributed by atoms with E-state index in [4.69, 9.17) is 11.6 Å². The lowest BCUT2D eigenvalue weighted by Gasteiger charge is -2.04. The fourth-order valence-electron chi connectivity index (χ4n) is 2.82. The van der Waals surface area contributed by atoms with E-state index in [1.54, 1.807) is 0 Å². The second-order valence-electron chi connectivity index (χ2n) is 5.97. The number of rotatable bonds is 4. The molecule has 8 heteroatoms. The van der Waals surface area contributed by atoms with Crippen LogP contribution < -0.4 is 5.32 Å².